The summed E-state index contributed by atoms with van der Waals surface area (Å²) in [6, 6.07) is 15.5. The number of fused-ring (bicyclic) bond motifs is 2. The molecule has 0 fully saturated rings. The van der Waals surface area contributed by atoms with Crippen LogP contribution in [0.2, 0.25) is 0 Å². The number of imide groups is 1. The third kappa shape index (κ3) is 3.19. The first kappa shape index (κ1) is 20.6. The van der Waals surface area contributed by atoms with E-state index in [4.69, 9.17) is 10.00 Å². The monoisotopic (exact) mass is 438 g/mol. The van der Waals surface area contributed by atoms with E-state index in [0.717, 1.165) is 21.8 Å². The van der Waals surface area contributed by atoms with Crippen LogP contribution in [0, 0.1) is 11.3 Å². The first-order valence-electron chi connectivity index (χ1n) is 10.7. The van der Waals surface area contributed by atoms with Crippen LogP contribution in [0.4, 0.5) is 0 Å². The molecule has 7 heteroatoms. The summed E-state index contributed by atoms with van der Waals surface area (Å²) in [6.45, 7) is 0.203. The van der Waals surface area contributed by atoms with Crippen molar-refractivity contribution >= 4 is 44.8 Å². The van der Waals surface area contributed by atoms with Crippen LogP contribution in [-0.4, -0.2) is 39.9 Å². The van der Waals surface area contributed by atoms with E-state index < -0.39 is 0 Å². The third-order valence-electron chi connectivity index (χ3n) is 6.16. The Hall–Kier alpha value is -4.31. The molecule has 1 aliphatic rings. The van der Waals surface area contributed by atoms with Gasteiger partial charge >= 0.3 is 0 Å². The minimum absolute atomic E-state index is 0.203. The highest BCUT2D eigenvalue weighted by Crippen LogP contribution is 2.41. The fourth-order valence-corrected chi connectivity index (χ4v) is 4.57. The van der Waals surface area contributed by atoms with Crippen molar-refractivity contribution in [3.8, 4) is 11.8 Å². The lowest BCUT2D eigenvalue weighted by Crippen LogP contribution is -2.32. The number of hydrogen-bond donors (Lipinski definition) is 1. The number of amides is 2. The SMILES string of the molecule is COc1ccc2c(c1)c(C1=C(c3c[nH]c4ccccc34)C(=O)N(CCCC#N)C1=O)cn2C. The maximum Gasteiger partial charge on any atom is 0.262 e. The van der Waals surface area contributed by atoms with Crippen molar-refractivity contribution in [1.82, 2.24) is 14.5 Å². The van der Waals surface area contributed by atoms with E-state index in [2.05, 4.69) is 11.1 Å². The molecule has 1 N–H and O–H groups in total. The van der Waals surface area contributed by atoms with E-state index in [1.807, 2.05) is 60.3 Å². The first-order chi connectivity index (χ1) is 16.0. The predicted octanol–water partition coefficient (Wildman–Crippen LogP) is 4.25. The second kappa shape index (κ2) is 7.99. The molecule has 0 atom stereocenters. The Balaban J connectivity index is 1.77. The molecule has 4 aromatic rings. The van der Waals surface area contributed by atoms with Gasteiger partial charge in [0.25, 0.3) is 11.8 Å². The van der Waals surface area contributed by atoms with E-state index in [9.17, 15) is 9.59 Å². The number of benzene rings is 2. The molecule has 33 heavy (non-hydrogen) atoms. The van der Waals surface area contributed by atoms with Crippen LogP contribution in [0.1, 0.15) is 24.0 Å². The summed E-state index contributed by atoms with van der Waals surface area (Å²) in [5.74, 6) is -0.00187. The second-order valence-electron chi connectivity index (χ2n) is 8.06. The zero-order chi connectivity index (χ0) is 23.1. The summed E-state index contributed by atoms with van der Waals surface area (Å²) in [6.07, 6.45) is 4.39. The summed E-state index contributed by atoms with van der Waals surface area (Å²) in [5, 5.41) is 10.6. The lowest BCUT2D eigenvalue weighted by atomic mass is 9.95. The van der Waals surface area contributed by atoms with Gasteiger partial charge in [0.15, 0.2) is 0 Å². The van der Waals surface area contributed by atoms with Gasteiger partial charge in [-0.05, 0) is 30.7 Å². The van der Waals surface area contributed by atoms with Crippen LogP contribution in [0.3, 0.4) is 0 Å². The van der Waals surface area contributed by atoms with Crippen molar-refractivity contribution in [2.24, 2.45) is 7.05 Å². The number of aryl methyl sites for hydroxylation is 1. The molecule has 0 bridgehead atoms. The maximum atomic E-state index is 13.7. The quantitative estimate of drug-likeness (QED) is 0.360. The third-order valence-corrected chi connectivity index (χ3v) is 6.16. The number of H-pyrrole nitrogens is 1. The fourth-order valence-electron chi connectivity index (χ4n) is 4.57. The molecule has 0 spiro atoms. The van der Waals surface area contributed by atoms with Gasteiger partial charge in [-0.25, -0.2) is 0 Å². The van der Waals surface area contributed by atoms with Gasteiger partial charge in [0.1, 0.15) is 5.75 Å². The number of hydrogen-bond acceptors (Lipinski definition) is 4. The summed E-state index contributed by atoms with van der Waals surface area (Å²) in [4.78, 5) is 31.8. The van der Waals surface area contributed by atoms with Gasteiger partial charge in [-0.2, -0.15) is 5.26 Å². The Morgan fingerprint density at radius 1 is 1.03 bits per heavy atom. The Morgan fingerprint density at radius 2 is 1.79 bits per heavy atom. The van der Waals surface area contributed by atoms with Crippen molar-refractivity contribution in [2.75, 3.05) is 13.7 Å². The molecule has 7 nitrogen and oxygen atoms in total. The topological polar surface area (TPSA) is 91.1 Å². The van der Waals surface area contributed by atoms with Gasteiger partial charge in [0.05, 0.1) is 24.3 Å². The van der Waals surface area contributed by atoms with Gasteiger partial charge in [0, 0.05) is 65.3 Å². The number of rotatable bonds is 6. The lowest BCUT2D eigenvalue weighted by molar-refractivity contribution is -0.136. The summed E-state index contributed by atoms with van der Waals surface area (Å²) in [5.41, 5.74) is 3.96. The van der Waals surface area contributed by atoms with Crippen LogP contribution < -0.4 is 4.74 Å². The van der Waals surface area contributed by atoms with E-state index in [0.29, 0.717) is 34.4 Å². The van der Waals surface area contributed by atoms with Crippen molar-refractivity contribution in [1.29, 1.82) is 5.26 Å². The Kier molecular flexibility index (Phi) is 4.98. The lowest BCUT2D eigenvalue weighted by Gasteiger charge is -2.14. The number of nitrogens with zero attached hydrogens (tertiary/aromatic N) is 3. The van der Waals surface area contributed by atoms with Crippen molar-refractivity contribution in [3.05, 3.63) is 66.0 Å². The molecular weight excluding hydrogens is 416 g/mol. The molecule has 0 aliphatic carbocycles. The smallest absolute Gasteiger partial charge is 0.262 e. The van der Waals surface area contributed by atoms with E-state index in [1.54, 1.807) is 13.3 Å². The summed E-state index contributed by atoms with van der Waals surface area (Å²) in [7, 11) is 3.51. The van der Waals surface area contributed by atoms with Crippen LogP contribution in [0.25, 0.3) is 33.0 Å². The van der Waals surface area contributed by atoms with Crippen molar-refractivity contribution < 1.29 is 14.3 Å². The highest BCUT2D eigenvalue weighted by atomic mass is 16.5. The molecule has 2 amide bonds. The number of aromatic nitrogens is 2. The van der Waals surface area contributed by atoms with E-state index >= 15 is 0 Å². The average Bonchev–Trinajstić information content (AvgIpc) is 3.46. The number of unbranched alkanes of at least 4 members (excludes halogenated alkanes) is 1. The number of ether oxygens (including phenoxy) is 1. The first-order valence-corrected chi connectivity index (χ1v) is 10.7. The Labute approximate surface area is 190 Å². The number of carbonyl (C=O) groups excluding carboxylic acids is 2. The molecule has 0 unspecified atom stereocenters. The Morgan fingerprint density at radius 3 is 2.55 bits per heavy atom. The molecule has 0 radical (unpaired) electrons. The number of nitrogens with one attached hydrogen (secondary N) is 1. The average molecular weight is 438 g/mol. The normalized spacial score (nSPS) is 14.0. The predicted molar refractivity (Wildman–Crippen MR) is 126 cm³/mol. The molecule has 2 aromatic carbocycles. The second-order valence-corrected chi connectivity index (χ2v) is 8.06. The van der Waals surface area contributed by atoms with Crippen molar-refractivity contribution in [2.45, 2.75) is 12.8 Å². The number of carbonyl (C=O) groups is 2. The van der Waals surface area contributed by atoms with Crippen molar-refractivity contribution in [3.63, 3.8) is 0 Å². The number of nitriles is 1. The molecule has 1 aliphatic heterocycles. The van der Waals surface area contributed by atoms with Crippen LogP contribution in [0.5, 0.6) is 5.75 Å². The number of para-hydroxylation sites is 1. The number of methoxy groups -OCH3 is 1. The zero-order valence-corrected chi connectivity index (χ0v) is 18.4. The van der Waals surface area contributed by atoms with Gasteiger partial charge in [0.2, 0.25) is 0 Å². The van der Waals surface area contributed by atoms with Gasteiger partial charge < -0.3 is 14.3 Å². The van der Waals surface area contributed by atoms with Crippen LogP contribution in [-0.2, 0) is 16.6 Å². The molecular formula is C26H22N4O3. The van der Waals surface area contributed by atoms with Gasteiger partial charge in [-0.15, -0.1) is 0 Å². The molecule has 164 valence electrons. The molecule has 5 rings (SSSR count). The molecule has 3 heterocycles. The summed E-state index contributed by atoms with van der Waals surface area (Å²) >= 11 is 0. The van der Waals surface area contributed by atoms with E-state index in [1.165, 1.54) is 4.90 Å². The van der Waals surface area contributed by atoms with Gasteiger partial charge in [-0.3, -0.25) is 14.5 Å². The summed E-state index contributed by atoms with van der Waals surface area (Å²) < 4.78 is 7.36. The maximum absolute atomic E-state index is 13.7. The Bertz CT molecular complexity index is 1500. The molecule has 2 aromatic heterocycles. The molecule has 0 saturated carbocycles. The highest BCUT2D eigenvalue weighted by molar-refractivity contribution is 6.50. The number of aromatic amines is 1. The van der Waals surface area contributed by atoms with Crippen LogP contribution >= 0.6 is 0 Å². The minimum Gasteiger partial charge on any atom is -0.497 e. The van der Waals surface area contributed by atoms with E-state index in [-0.39, 0.29) is 24.8 Å². The largest absolute Gasteiger partial charge is 0.497 e. The molecule has 0 saturated heterocycles. The standard InChI is InChI=1S/C26H22N4O3/c1-29-15-20(18-13-16(33-2)9-10-22(18)29)24-23(19-14-28-21-8-4-3-7-17(19)21)25(31)30(26(24)32)12-6-5-11-27/h3-4,7-10,13-15,28H,5-6,12H2,1-2H3. The zero-order valence-electron chi connectivity index (χ0n) is 18.4. The van der Waals surface area contributed by atoms with Gasteiger partial charge in [-0.1, -0.05) is 18.2 Å². The highest BCUT2D eigenvalue weighted by Gasteiger charge is 2.41. The van der Waals surface area contributed by atoms with Crippen LogP contribution in [0.15, 0.2) is 54.9 Å². The fraction of sp³-hybridized carbons (Fsp3) is 0.192. The minimum atomic E-state index is -0.339.